The van der Waals surface area contributed by atoms with Gasteiger partial charge in [-0.2, -0.15) is 0 Å². The number of benzene rings is 3. The molecule has 3 aromatic carbocycles. The van der Waals surface area contributed by atoms with Crippen LogP contribution in [0.1, 0.15) is 67.6 Å². The Labute approximate surface area is 320 Å². The molecule has 0 aliphatic carbocycles. The van der Waals surface area contributed by atoms with Crippen LogP contribution < -0.4 is 29.2 Å². The van der Waals surface area contributed by atoms with Crippen molar-refractivity contribution >= 4 is 19.5 Å². The van der Waals surface area contributed by atoms with Crippen LogP contribution in [-0.4, -0.2) is 50.6 Å². The molecule has 0 atom stereocenters. The van der Waals surface area contributed by atoms with E-state index in [1.165, 1.54) is 16.7 Å². The summed E-state index contributed by atoms with van der Waals surface area (Å²) in [6.07, 6.45) is 14.1. The monoisotopic (exact) mass is 732 g/mol. The Morgan fingerprint density at radius 2 is 0.981 bits per heavy atom. The quantitative estimate of drug-likeness (QED) is 0.0601. The minimum atomic E-state index is -2.23. The Bertz CT molecular complexity index is 1600. The number of aliphatic hydroxyl groups excluding tert-OH is 2. The van der Waals surface area contributed by atoms with Crippen LogP contribution in [0.2, 0.25) is 0 Å². The molecule has 0 spiro atoms. The maximum atomic E-state index is 10.7. The second kappa shape index (κ2) is 25.8. The maximum absolute atomic E-state index is 10.7. The van der Waals surface area contributed by atoms with Gasteiger partial charge in [0.05, 0.1) is 7.32 Å². The minimum absolute atomic E-state index is 0.159. The Hall–Kier alpha value is -5.10. The Kier molecular flexibility index (Phi) is 20.7. The molecular formula is C44H53BN2O7. The van der Waals surface area contributed by atoms with E-state index < -0.39 is 7.32 Å². The summed E-state index contributed by atoms with van der Waals surface area (Å²) in [6, 6.07) is 42.7. The van der Waals surface area contributed by atoms with Crippen LogP contribution in [0.25, 0.3) is 12.2 Å². The number of aliphatic hydroxyl groups is 2. The minimum Gasteiger partial charge on any atom is -0.871 e. The topological polar surface area (TPSA) is 122 Å². The second-order valence-corrected chi connectivity index (χ2v) is 11.8. The summed E-state index contributed by atoms with van der Waals surface area (Å²) in [5.41, 5.74) is 5.12. The zero-order valence-electron chi connectivity index (χ0n) is 31.4. The lowest BCUT2D eigenvalue weighted by atomic mass is 9.67. The van der Waals surface area contributed by atoms with Gasteiger partial charge in [0.15, 0.2) is 13.2 Å². The molecule has 0 amide bonds. The van der Waals surface area contributed by atoms with Gasteiger partial charge in [0.25, 0.3) is 11.4 Å². The van der Waals surface area contributed by atoms with Crippen LogP contribution in [-0.2, 0) is 10.1 Å². The lowest BCUT2D eigenvalue weighted by molar-refractivity contribution is -0.892. The average Bonchev–Trinajstić information content (AvgIpc) is 3.21. The highest BCUT2D eigenvalue weighted by atomic mass is 16.7. The van der Waals surface area contributed by atoms with Gasteiger partial charge in [0.2, 0.25) is 12.4 Å². The zero-order chi connectivity index (χ0) is 38.7. The van der Waals surface area contributed by atoms with Crippen molar-refractivity contribution in [2.24, 2.45) is 0 Å². The first kappa shape index (κ1) is 43.3. The highest BCUT2D eigenvalue weighted by molar-refractivity contribution is 6.28. The Morgan fingerprint density at radius 1 is 0.593 bits per heavy atom. The first-order valence-electron chi connectivity index (χ1n) is 18.4. The third-order valence-corrected chi connectivity index (χ3v) is 8.16. The zero-order valence-corrected chi connectivity index (χ0v) is 31.4. The van der Waals surface area contributed by atoms with Gasteiger partial charge in [-0.3, -0.25) is 9.68 Å². The van der Waals surface area contributed by atoms with E-state index >= 15 is 0 Å². The van der Waals surface area contributed by atoms with Crippen LogP contribution in [0.3, 0.4) is 0 Å². The number of aromatic nitrogens is 2. The van der Waals surface area contributed by atoms with Gasteiger partial charge in [0, 0.05) is 71.1 Å². The van der Waals surface area contributed by atoms with Crippen LogP contribution in [0.15, 0.2) is 152 Å². The molecule has 284 valence electrons. The molecule has 54 heavy (non-hydrogen) atoms. The molecule has 9 nitrogen and oxygen atoms in total. The molecule has 5 rings (SSSR count). The van der Waals surface area contributed by atoms with E-state index in [2.05, 4.69) is 36.4 Å². The lowest BCUT2D eigenvalue weighted by Gasteiger charge is -2.37. The van der Waals surface area contributed by atoms with Crippen LogP contribution in [0.4, 0.5) is 0 Å². The highest BCUT2D eigenvalue weighted by Crippen LogP contribution is 2.42. The summed E-state index contributed by atoms with van der Waals surface area (Å²) in [5, 5.41) is 38.6. The predicted molar refractivity (Wildman–Crippen MR) is 209 cm³/mol. The largest absolute Gasteiger partial charge is 0.871 e. The first-order valence-corrected chi connectivity index (χ1v) is 18.4. The van der Waals surface area contributed by atoms with Gasteiger partial charge in [-0.25, -0.2) is 0 Å². The van der Waals surface area contributed by atoms with Gasteiger partial charge in [0.1, 0.15) is 0 Å². The molecule has 0 saturated carbocycles. The van der Waals surface area contributed by atoms with Crippen molar-refractivity contribution < 1.29 is 44.1 Å². The fraction of sp³-hybridized carbons (Fsp3) is 0.273. The fourth-order valence-electron chi connectivity index (χ4n) is 5.83. The molecule has 0 aliphatic heterocycles. The average molecular weight is 733 g/mol. The smallest absolute Gasteiger partial charge is 0.257 e. The number of hydrogen-bond donors (Lipinski definition) is 2. The molecule has 0 bridgehead atoms. The fourth-order valence-corrected chi connectivity index (χ4v) is 5.83. The molecule has 0 radical (unpaired) electrons. The summed E-state index contributed by atoms with van der Waals surface area (Å²) in [4.78, 5) is 10.7. The van der Waals surface area contributed by atoms with Crippen LogP contribution in [0.5, 0.6) is 0 Å². The van der Waals surface area contributed by atoms with E-state index in [9.17, 15) is 10.0 Å². The molecule has 0 aliphatic rings. The van der Waals surface area contributed by atoms with Crippen LogP contribution in [0, 0.1) is 0 Å². The first-order chi connectivity index (χ1) is 26.5. The summed E-state index contributed by atoms with van der Waals surface area (Å²) >= 11 is 0. The Balaban J connectivity index is 0.000000238. The normalized spacial score (nSPS) is 11.0. The standard InChI is InChI=1S/C22H21BO3.2C11H16NO2/c24-23(25)26-18-10-17-22(19-11-4-1-5-12-19,20-13-6-2-7-14-20)21-15-8-3-9-16-21;2*1-2-14-12-9-5-3-7-11(12)8-4-6-10-13/h1-9,11-16H,10,17-18H2;2*3-5,7-9,13H,2,6,10H2,1H3/q-2;2*+1. The molecule has 5 aromatic rings. The molecule has 2 aromatic heterocycles. The lowest BCUT2D eigenvalue weighted by Crippen LogP contribution is -2.48. The Morgan fingerprint density at radius 3 is 1.33 bits per heavy atom. The maximum Gasteiger partial charge on any atom is 0.257 e. The van der Waals surface area contributed by atoms with Gasteiger partial charge in [-0.1, -0.05) is 103 Å². The van der Waals surface area contributed by atoms with Crippen molar-refractivity contribution in [2.75, 3.05) is 33.0 Å². The molecule has 10 heteroatoms. The number of hydrogen-bond acceptors (Lipinski definition) is 7. The van der Waals surface area contributed by atoms with Gasteiger partial charge in [-0.15, -0.1) is 0 Å². The van der Waals surface area contributed by atoms with E-state index in [4.69, 9.17) is 24.5 Å². The molecular weight excluding hydrogens is 679 g/mol. The number of nitrogens with zero attached hydrogens (tertiary/aromatic N) is 2. The number of rotatable bonds is 18. The van der Waals surface area contributed by atoms with Gasteiger partial charge in [-0.05, 0) is 68.4 Å². The van der Waals surface area contributed by atoms with Crippen molar-refractivity contribution in [3.8, 4) is 0 Å². The SMILES string of the molecule is CCO[n+]1ccccc1C=CCCO.CCO[n+]1ccccc1C=CCCO.[O-]B([O-])OCCCC(c1ccccc1)(c1ccccc1)c1ccccc1. The van der Waals surface area contributed by atoms with E-state index in [0.717, 1.165) is 17.8 Å². The second-order valence-electron chi connectivity index (χ2n) is 11.8. The van der Waals surface area contributed by atoms with Crippen molar-refractivity contribution in [3.63, 3.8) is 0 Å². The summed E-state index contributed by atoms with van der Waals surface area (Å²) in [6.45, 7) is 5.68. The third-order valence-electron chi connectivity index (χ3n) is 8.16. The molecule has 2 N–H and O–H groups in total. The van der Waals surface area contributed by atoms with Gasteiger partial charge < -0.3 is 24.9 Å². The van der Waals surface area contributed by atoms with Crippen molar-refractivity contribution in [1.82, 2.24) is 0 Å². The predicted octanol–water partition coefficient (Wildman–Crippen LogP) is 4.16. The summed E-state index contributed by atoms with van der Waals surface area (Å²) in [5.74, 6) is 0. The van der Waals surface area contributed by atoms with Gasteiger partial charge >= 0.3 is 0 Å². The van der Waals surface area contributed by atoms with E-state index in [1.54, 1.807) is 9.46 Å². The van der Waals surface area contributed by atoms with Crippen LogP contribution >= 0.6 is 0 Å². The van der Waals surface area contributed by atoms with E-state index in [-0.39, 0.29) is 25.2 Å². The number of pyridine rings is 2. The van der Waals surface area contributed by atoms with Crippen molar-refractivity contribution in [3.05, 3.63) is 180 Å². The van der Waals surface area contributed by atoms with E-state index in [1.807, 2.05) is 142 Å². The molecule has 0 fully saturated rings. The molecule has 2 heterocycles. The third kappa shape index (κ3) is 14.4. The molecule has 0 saturated heterocycles. The van der Waals surface area contributed by atoms with E-state index in [0.29, 0.717) is 32.5 Å². The van der Waals surface area contributed by atoms with Crippen molar-refractivity contribution in [1.29, 1.82) is 0 Å². The summed E-state index contributed by atoms with van der Waals surface area (Å²) in [7, 11) is -2.23. The summed E-state index contributed by atoms with van der Waals surface area (Å²) < 4.78 is 8.17. The van der Waals surface area contributed by atoms with Crippen molar-refractivity contribution in [2.45, 2.75) is 44.9 Å². The molecule has 0 unspecified atom stereocenters. The highest BCUT2D eigenvalue weighted by Gasteiger charge is 2.35.